The summed E-state index contributed by atoms with van der Waals surface area (Å²) in [6.07, 6.45) is 21.7. The second-order valence-corrected chi connectivity index (χ2v) is 8.87. The average molecular weight is 428 g/mol. The first kappa shape index (κ1) is 29.4. The molecule has 0 aromatic carbocycles. The monoisotopic (exact) mass is 427 g/mol. The third kappa shape index (κ3) is 20.7. The van der Waals surface area contributed by atoms with Gasteiger partial charge in [-0.2, -0.15) is 0 Å². The highest BCUT2D eigenvalue weighted by Gasteiger charge is 2.19. The molecular weight excluding hydrogens is 374 g/mol. The van der Waals surface area contributed by atoms with Crippen LogP contribution in [0, 0.1) is 5.92 Å². The lowest BCUT2D eigenvalue weighted by Gasteiger charge is -2.16. The van der Waals surface area contributed by atoms with E-state index in [0.29, 0.717) is 13.2 Å². The van der Waals surface area contributed by atoms with Gasteiger partial charge >= 0.3 is 5.97 Å². The largest absolute Gasteiger partial charge is 0.465 e. The highest BCUT2D eigenvalue weighted by Crippen LogP contribution is 2.21. The van der Waals surface area contributed by atoms with Crippen molar-refractivity contribution in [1.29, 1.82) is 0 Å². The molecule has 0 rings (SSSR count). The summed E-state index contributed by atoms with van der Waals surface area (Å²) < 4.78 is 5.65. The number of aliphatic hydroxyl groups is 1. The van der Waals surface area contributed by atoms with Crippen molar-refractivity contribution in [2.45, 2.75) is 129 Å². The fraction of sp³-hybridized carbons (Fsp3) is 0.962. The topological polar surface area (TPSA) is 58.6 Å². The Morgan fingerprint density at radius 1 is 0.700 bits per heavy atom. The van der Waals surface area contributed by atoms with Crippen LogP contribution in [-0.2, 0) is 9.53 Å². The van der Waals surface area contributed by atoms with E-state index in [9.17, 15) is 4.79 Å². The van der Waals surface area contributed by atoms with Crippen molar-refractivity contribution in [2.75, 3.05) is 26.3 Å². The summed E-state index contributed by atoms with van der Waals surface area (Å²) in [5.41, 5.74) is 0. The molecule has 0 aliphatic rings. The Morgan fingerprint density at radius 3 is 1.77 bits per heavy atom. The molecule has 30 heavy (non-hydrogen) atoms. The highest BCUT2D eigenvalue weighted by molar-refractivity contribution is 5.72. The molecule has 0 amide bonds. The van der Waals surface area contributed by atoms with Gasteiger partial charge in [-0.15, -0.1) is 0 Å². The molecule has 0 heterocycles. The molecule has 0 aromatic rings. The van der Waals surface area contributed by atoms with Crippen LogP contribution >= 0.6 is 0 Å². The van der Waals surface area contributed by atoms with Gasteiger partial charge < -0.3 is 15.2 Å². The van der Waals surface area contributed by atoms with Crippen LogP contribution in [0.15, 0.2) is 0 Å². The summed E-state index contributed by atoms with van der Waals surface area (Å²) >= 11 is 0. The standard InChI is InChI=1S/C26H53NO3/c1-3-5-7-9-11-15-19-25(20-16-12-10-8-6-4-2)26(29)30-24-18-14-13-17-21-27-22-23-28/h25,27-28H,3-24H2,1-2H3. The van der Waals surface area contributed by atoms with Crippen molar-refractivity contribution < 1.29 is 14.6 Å². The van der Waals surface area contributed by atoms with Crippen LogP contribution < -0.4 is 5.32 Å². The van der Waals surface area contributed by atoms with Crippen molar-refractivity contribution in [3.8, 4) is 0 Å². The van der Waals surface area contributed by atoms with Crippen LogP contribution in [0.2, 0.25) is 0 Å². The number of ether oxygens (including phenoxy) is 1. The lowest BCUT2D eigenvalue weighted by Crippen LogP contribution is -2.19. The van der Waals surface area contributed by atoms with Crippen LogP contribution in [0.1, 0.15) is 129 Å². The average Bonchev–Trinajstić information content (AvgIpc) is 2.75. The Kier molecular flexibility index (Phi) is 24.2. The predicted octanol–water partition coefficient (Wildman–Crippen LogP) is 6.79. The number of hydrogen-bond donors (Lipinski definition) is 2. The van der Waals surface area contributed by atoms with Gasteiger partial charge in [-0.25, -0.2) is 0 Å². The fourth-order valence-corrected chi connectivity index (χ4v) is 3.92. The Hall–Kier alpha value is -0.610. The number of carbonyl (C=O) groups is 1. The van der Waals surface area contributed by atoms with Crippen molar-refractivity contribution in [3.05, 3.63) is 0 Å². The number of rotatable bonds is 24. The molecule has 0 atom stereocenters. The van der Waals surface area contributed by atoms with E-state index < -0.39 is 0 Å². The first-order valence-electron chi connectivity index (χ1n) is 13.2. The summed E-state index contributed by atoms with van der Waals surface area (Å²) in [5.74, 6) is 0.173. The Labute approximate surface area is 187 Å². The summed E-state index contributed by atoms with van der Waals surface area (Å²) in [4.78, 5) is 12.6. The van der Waals surface area contributed by atoms with E-state index >= 15 is 0 Å². The summed E-state index contributed by atoms with van der Waals surface area (Å²) in [7, 11) is 0. The quantitative estimate of drug-likeness (QED) is 0.131. The maximum Gasteiger partial charge on any atom is 0.308 e. The first-order valence-corrected chi connectivity index (χ1v) is 13.2. The van der Waals surface area contributed by atoms with Crippen molar-refractivity contribution in [3.63, 3.8) is 0 Å². The zero-order valence-electron chi connectivity index (χ0n) is 20.4. The highest BCUT2D eigenvalue weighted by atomic mass is 16.5. The van der Waals surface area contributed by atoms with Crippen LogP contribution in [0.25, 0.3) is 0 Å². The van der Waals surface area contributed by atoms with Gasteiger partial charge in [-0.05, 0) is 32.2 Å². The van der Waals surface area contributed by atoms with Gasteiger partial charge in [0.1, 0.15) is 0 Å². The van der Waals surface area contributed by atoms with Gasteiger partial charge in [-0.3, -0.25) is 4.79 Å². The lowest BCUT2D eigenvalue weighted by molar-refractivity contribution is -0.149. The number of unbranched alkanes of at least 4 members (excludes halogenated alkanes) is 13. The van der Waals surface area contributed by atoms with Crippen LogP contribution in [0.4, 0.5) is 0 Å². The summed E-state index contributed by atoms with van der Waals surface area (Å²) in [6.45, 7) is 6.91. The zero-order chi connectivity index (χ0) is 22.1. The molecule has 4 heteroatoms. The first-order chi connectivity index (χ1) is 14.8. The van der Waals surface area contributed by atoms with Gasteiger partial charge in [0.2, 0.25) is 0 Å². The molecule has 4 nitrogen and oxygen atoms in total. The van der Waals surface area contributed by atoms with E-state index in [0.717, 1.165) is 45.1 Å². The van der Waals surface area contributed by atoms with Crippen molar-refractivity contribution in [1.82, 2.24) is 5.32 Å². The Morgan fingerprint density at radius 2 is 1.20 bits per heavy atom. The van der Waals surface area contributed by atoms with E-state index in [4.69, 9.17) is 9.84 Å². The molecule has 0 saturated heterocycles. The van der Waals surface area contributed by atoms with Crippen molar-refractivity contribution in [2.24, 2.45) is 5.92 Å². The van der Waals surface area contributed by atoms with E-state index in [1.807, 2.05) is 0 Å². The minimum absolute atomic E-state index is 0.0572. The smallest absolute Gasteiger partial charge is 0.308 e. The molecule has 0 unspecified atom stereocenters. The molecular formula is C26H53NO3. The minimum atomic E-state index is 0.0572. The van der Waals surface area contributed by atoms with Crippen LogP contribution in [0.3, 0.4) is 0 Å². The third-order valence-corrected chi connectivity index (χ3v) is 5.93. The van der Waals surface area contributed by atoms with E-state index in [1.54, 1.807) is 0 Å². The molecule has 0 aliphatic carbocycles. The van der Waals surface area contributed by atoms with Crippen LogP contribution in [0.5, 0.6) is 0 Å². The molecule has 0 saturated carbocycles. The molecule has 0 bridgehead atoms. The van der Waals surface area contributed by atoms with Gasteiger partial charge in [0.05, 0.1) is 19.1 Å². The molecule has 0 fully saturated rings. The van der Waals surface area contributed by atoms with E-state index in [1.165, 1.54) is 77.0 Å². The Balaban J connectivity index is 3.97. The molecule has 0 aromatic heterocycles. The number of esters is 1. The van der Waals surface area contributed by atoms with Crippen molar-refractivity contribution >= 4 is 5.97 Å². The third-order valence-electron chi connectivity index (χ3n) is 5.93. The van der Waals surface area contributed by atoms with Gasteiger partial charge in [0.15, 0.2) is 0 Å². The van der Waals surface area contributed by atoms with Gasteiger partial charge in [0, 0.05) is 6.54 Å². The molecule has 2 N–H and O–H groups in total. The summed E-state index contributed by atoms with van der Waals surface area (Å²) in [5, 5.41) is 11.9. The lowest BCUT2D eigenvalue weighted by atomic mass is 9.94. The second kappa shape index (κ2) is 24.7. The number of hydrogen-bond acceptors (Lipinski definition) is 4. The fourth-order valence-electron chi connectivity index (χ4n) is 3.92. The number of nitrogens with one attached hydrogen (secondary N) is 1. The van der Waals surface area contributed by atoms with E-state index in [-0.39, 0.29) is 18.5 Å². The maximum absolute atomic E-state index is 12.6. The number of carbonyl (C=O) groups excluding carboxylic acids is 1. The molecule has 0 spiro atoms. The zero-order valence-corrected chi connectivity index (χ0v) is 20.4. The van der Waals surface area contributed by atoms with Gasteiger partial charge in [0.25, 0.3) is 0 Å². The summed E-state index contributed by atoms with van der Waals surface area (Å²) in [6, 6.07) is 0. The Bertz CT molecular complexity index is 333. The normalized spacial score (nSPS) is 11.3. The SMILES string of the molecule is CCCCCCCCC(CCCCCCCC)C(=O)OCCCCCCNCCO. The minimum Gasteiger partial charge on any atom is -0.465 e. The molecule has 180 valence electrons. The number of aliphatic hydroxyl groups excluding tert-OH is 1. The second-order valence-electron chi connectivity index (χ2n) is 8.87. The maximum atomic E-state index is 12.6. The van der Waals surface area contributed by atoms with E-state index in [2.05, 4.69) is 19.2 Å². The predicted molar refractivity (Wildman–Crippen MR) is 129 cm³/mol. The van der Waals surface area contributed by atoms with Crippen LogP contribution in [-0.4, -0.2) is 37.4 Å². The molecule has 0 radical (unpaired) electrons. The molecule has 0 aliphatic heterocycles. The van der Waals surface area contributed by atoms with Gasteiger partial charge in [-0.1, -0.05) is 104 Å².